The van der Waals surface area contributed by atoms with E-state index in [2.05, 4.69) is 40.6 Å². The quantitative estimate of drug-likeness (QED) is 0.599. The van der Waals surface area contributed by atoms with Gasteiger partial charge in [0.15, 0.2) is 0 Å². The van der Waals surface area contributed by atoms with Crippen LogP contribution >= 0.6 is 11.3 Å². The zero-order valence-electron chi connectivity index (χ0n) is 15.2. The number of aromatic amines is 1. The van der Waals surface area contributed by atoms with Crippen molar-refractivity contribution in [2.45, 2.75) is 26.7 Å². The van der Waals surface area contributed by atoms with Crippen molar-refractivity contribution >= 4 is 40.2 Å². The molecule has 1 aliphatic rings. The fourth-order valence-electron chi connectivity index (χ4n) is 3.03. The van der Waals surface area contributed by atoms with Gasteiger partial charge in [-0.2, -0.15) is 0 Å². The summed E-state index contributed by atoms with van der Waals surface area (Å²) in [6, 6.07) is 5.97. The first-order valence-corrected chi connectivity index (χ1v) is 9.82. The molecule has 0 saturated heterocycles. The highest BCUT2D eigenvalue weighted by Gasteiger charge is 2.25. The van der Waals surface area contributed by atoms with Crippen LogP contribution in [0.2, 0.25) is 0 Å². The second-order valence-electron chi connectivity index (χ2n) is 6.49. The van der Waals surface area contributed by atoms with Crippen LogP contribution in [0.1, 0.15) is 43.0 Å². The zero-order chi connectivity index (χ0) is 18.8. The lowest BCUT2D eigenvalue weighted by Gasteiger charge is -2.02. The molecular formula is C21H20N4OS. The number of carbonyl (C=O) groups excluding carboxylic acids is 1. The van der Waals surface area contributed by atoms with Gasteiger partial charge in [0, 0.05) is 22.2 Å². The largest absolute Gasteiger partial charge is 0.345 e. The predicted molar refractivity (Wildman–Crippen MR) is 111 cm³/mol. The van der Waals surface area contributed by atoms with Gasteiger partial charge in [0.1, 0.15) is 5.01 Å². The number of imidazole rings is 1. The van der Waals surface area contributed by atoms with E-state index in [0.29, 0.717) is 5.57 Å². The van der Waals surface area contributed by atoms with E-state index in [9.17, 15) is 4.79 Å². The molecule has 0 bridgehead atoms. The number of amides is 1. The summed E-state index contributed by atoms with van der Waals surface area (Å²) in [7, 11) is 0. The number of nitrogens with one attached hydrogen (secondary N) is 2. The molecule has 5 nitrogen and oxygen atoms in total. The topological polar surface area (TPSA) is 70.7 Å². The average molecular weight is 376 g/mol. The number of carbonyl (C=O) groups is 1. The third-order valence-electron chi connectivity index (χ3n) is 4.50. The van der Waals surface area contributed by atoms with Crippen molar-refractivity contribution in [2.24, 2.45) is 0 Å². The van der Waals surface area contributed by atoms with E-state index in [4.69, 9.17) is 4.98 Å². The Hall–Kier alpha value is -2.99. The Bertz CT molecular complexity index is 1040. The standard InChI is InChI=1S/C21H20N4OS/c1-3-4-5-13(2)21-25-19(11-27-21)14-6-7-18-16(8-14)17(20(26)24-18)9-15-10-22-12-23-15/h5-12H,3-4H2,1-2H3,(H,22,23)(H,24,26). The first-order valence-electron chi connectivity index (χ1n) is 8.94. The minimum absolute atomic E-state index is 0.103. The Balaban J connectivity index is 1.69. The number of nitrogens with zero attached hydrogens (tertiary/aromatic N) is 2. The van der Waals surface area contributed by atoms with Gasteiger partial charge in [0.25, 0.3) is 5.91 Å². The van der Waals surface area contributed by atoms with Gasteiger partial charge in [-0.15, -0.1) is 11.3 Å². The maximum absolute atomic E-state index is 12.4. The summed E-state index contributed by atoms with van der Waals surface area (Å²) >= 11 is 1.65. The first kappa shape index (κ1) is 17.4. The normalized spacial score (nSPS) is 15.3. The van der Waals surface area contributed by atoms with Gasteiger partial charge < -0.3 is 10.3 Å². The summed E-state index contributed by atoms with van der Waals surface area (Å²) in [5.74, 6) is -0.103. The van der Waals surface area contributed by atoms with Gasteiger partial charge in [-0.05, 0) is 37.1 Å². The highest BCUT2D eigenvalue weighted by molar-refractivity contribution is 7.11. The van der Waals surface area contributed by atoms with E-state index in [1.165, 1.54) is 5.57 Å². The minimum atomic E-state index is -0.103. The van der Waals surface area contributed by atoms with Crippen LogP contribution in [0.3, 0.4) is 0 Å². The minimum Gasteiger partial charge on any atom is -0.345 e. The van der Waals surface area contributed by atoms with Crippen LogP contribution in [0.15, 0.2) is 42.2 Å². The van der Waals surface area contributed by atoms with Crippen LogP contribution in [0.5, 0.6) is 0 Å². The van der Waals surface area contributed by atoms with Gasteiger partial charge in [0.2, 0.25) is 0 Å². The van der Waals surface area contributed by atoms with Crippen molar-refractivity contribution < 1.29 is 4.79 Å². The maximum atomic E-state index is 12.4. The third kappa shape index (κ3) is 3.48. The summed E-state index contributed by atoms with van der Waals surface area (Å²) in [5.41, 5.74) is 6.29. The van der Waals surface area contributed by atoms with Gasteiger partial charge in [-0.25, -0.2) is 9.97 Å². The lowest BCUT2D eigenvalue weighted by molar-refractivity contribution is -0.110. The number of thiazole rings is 1. The summed E-state index contributed by atoms with van der Waals surface area (Å²) in [4.78, 5) is 24.2. The maximum Gasteiger partial charge on any atom is 0.256 e. The number of H-pyrrole nitrogens is 1. The van der Waals surface area contributed by atoms with Crippen molar-refractivity contribution in [3.63, 3.8) is 0 Å². The fraction of sp³-hybridized carbons (Fsp3) is 0.190. The van der Waals surface area contributed by atoms with Crippen molar-refractivity contribution in [1.29, 1.82) is 0 Å². The second-order valence-corrected chi connectivity index (χ2v) is 7.35. The molecule has 6 heteroatoms. The molecule has 27 heavy (non-hydrogen) atoms. The lowest BCUT2D eigenvalue weighted by Crippen LogP contribution is -2.03. The van der Waals surface area contributed by atoms with E-state index < -0.39 is 0 Å². The number of aromatic nitrogens is 3. The Kier molecular flexibility index (Phi) is 4.73. The van der Waals surface area contributed by atoms with Crippen molar-refractivity contribution in [2.75, 3.05) is 5.32 Å². The third-order valence-corrected chi connectivity index (χ3v) is 5.48. The highest BCUT2D eigenvalue weighted by Crippen LogP contribution is 2.36. The van der Waals surface area contributed by atoms with Crippen LogP contribution in [0.4, 0.5) is 5.69 Å². The first-order chi connectivity index (χ1) is 13.2. The Morgan fingerprint density at radius 3 is 3.00 bits per heavy atom. The number of allylic oxidation sites excluding steroid dienone is 2. The molecule has 0 spiro atoms. The molecule has 0 unspecified atom stereocenters. The van der Waals surface area contributed by atoms with Crippen LogP contribution in [-0.2, 0) is 4.79 Å². The summed E-state index contributed by atoms with van der Waals surface area (Å²) in [5, 5.41) is 6.03. The molecule has 0 fully saturated rings. The second kappa shape index (κ2) is 7.32. The molecule has 3 heterocycles. The predicted octanol–water partition coefficient (Wildman–Crippen LogP) is 5.23. The number of fused-ring (bicyclic) bond motifs is 1. The summed E-state index contributed by atoms with van der Waals surface area (Å²) in [6.45, 7) is 4.28. The van der Waals surface area contributed by atoms with Gasteiger partial charge >= 0.3 is 0 Å². The highest BCUT2D eigenvalue weighted by atomic mass is 32.1. The lowest BCUT2D eigenvalue weighted by atomic mass is 10.0. The number of hydrogen-bond donors (Lipinski definition) is 2. The molecule has 3 aromatic rings. The van der Waals surface area contributed by atoms with Crippen molar-refractivity contribution in [3.8, 4) is 11.3 Å². The Labute approximate surface area is 161 Å². The molecule has 2 aromatic heterocycles. The van der Waals surface area contributed by atoms with E-state index in [-0.39, 0.29) is 5.91 Å². The molecule has 136 valence electrons. The molecule has 0 radical (unpaired) electrons. The van der Waals surface area contributed by atoms with Gasteiger partial charge in [-0.1, -0.05) is 25.5 Å². The Morgan fingerprint density at radius 1 is 1.33 bits per heavy atom. The van der Waals surface area contributed by atoms with Crippen LogP contribution in [-0.4, -0.2) is 20.9 Å². The van der Waals surface area contributed by atoms with Crippen LogP contribution in [0.25, 0.3) is 28.5 Å². The smallest absolute Gasteiger partial charge is 0.256 e. The summed E-state index contributed by atoms with van der Waals surface area (Å²) < 4.78 is 0. The van der Waals surface area contributed by atoms with E-state index in [1.54, 1.807) is 23.9 Å². The van der Waals surface area contributed by atoms with E-state index in [1.807, 2.05) is 24.3 Å². The Morgan fingerprint density at radius 2 is 2.22 bits per heavy atom. The zero-order valence-corrected chi connectivity index (χ0v) is 16.1. The number of hydrogen-bond acceptors (Lipinski definition) is 4. The molecule has 1 amide bonds. The van der Waals surface area contributed by atoms with Gasteiger partial charge in [0.05, 0.1) is 29.5 Å². The molecule has 2 N–H and O–H groups in total. The average Bonchev–Trinajstić information content (AvgIpc) is 3.41. The molecular weight excluding hydrogens is 356 g/mol. The number of unbranched alkanes of at least 4 members (excludes halogenated alkanes) is 1. The van der Waals surface area contributed by atoms with E-state index in [0.717, 1.165) is 46.1 Å². The van der Waals surface area contributed by atoms with Crippen molar-refractivity contribution in [1.82, 2.24) is 15.0 Å². The van der Waals surface area contributed by atoms with Gasteiger partial charge in [-0.3, -0.25) is 4.79 Å². The SMILES string of the molecule is CCCC=C(C)c1nc(-c2ccc3c(c2)C(=Cc2cnc[nH]2)C(=O)N3)cs1. The molecule has 4 rings (SSSR count). The molecule has 1 aliphatic heterocycles. The summed E-state index contributed by atoms with van der Waals surface area (Å²) in [6.07, 6.45) is 9.55. The molecule has 0 atom stereocenters. The number of anilines is 1. The monoisotopic (exact) mass is 376 g/mol. The fourth-order valence-corrected chi connectivity index (χ4v) is 3.86. The number of rotatable bonds is 5. The molecule has 1 aromatic carbocycles. The number of benzene rings is 1. The van der Waals surface area contributed by atoms with E-state index >= 15 is 0 Å². The van der Waals surface area contributed by atoms with Crippen molar-refractivity contribution in [3.05, 3.63) is 58.4 Å². The van der Waals surface area contributed by atoms with Crippen LogP contribution < -0.4 is 5.32 Å². The molecule has 0 saturated carbocycles. The molecule has 0 aliphatic carbocycles. The van der Waals surface area contributed by atoms with Crippen LogP contribution in [0, 0.1) is 0 Å².